The maximum Gasteiger partial charge on any atom is 0.300 e. The van der Waals surface area contributed by atoms with Crippen molar-refractivity contribution in [3.05, 3.63) is 0 Å². The Morgan fingerprint density at radius 2 is 0.909 bits per heavy atom. The molecule has 0 rings (SSSR count). The van der Waals surface area contributed by atoms with Gasteiger partial charge in [-0.1, -0.05) is 0 Å². The Balaban J connectivity index is -0.0000000171. The Labute approximate surface area is 69.9 Å². The van der Waals surface area contributed by atoms with Crippen LogP contribution in [0.1, 0.15) is 13.8 Å². The van der Waals surface area contributed by atoms with E-state index in [0.717, 1.165) is 13.8 Å². The van der Waals surface area contributed by atoms with Gasteiger partial charge >= 0.3 is 0 Å². The molecule has 0 aliphatic carbocycles. The first-order chi connectivity index (χ1) is 3.46. The molecule has 0 atom stereocenters. The third-order valence-corrected chi connectivity index (χ3v) is 0. The minimum absolute atomic E-state index is 0. The van der Waals surface area contributed by atoms with E-state index in [0.29, 0.717) is 0 Å². The lowest BCUT2D eigenvalue weighted by atomic mass is 10.9. The average molecular weight is 193 g/mol. The van der Waals surface area contributed by atoms with Crippen LogP contribution in [-0.2, 0) is 9.59 Å². The molecule has 0 radical (unpaired) electrons. The van der Waals surface area contributed by atoms with Crippen molar-refractivity contribution in [3.8, 4) is 0 Å². The summed E-state index contributed by atoms with van der Waals surface area (Å²) in [5, 5.41) is 14.8. The van der Waals surface area contributed by atoms with Gasteiger partial charge in [0.2, 0.25) is 0 Å². The van der Waals surface area contributed by atoms with Gasteiger partial charge in [-0.25, -0.2) is 0 Å². The van der Waals surface area contributed by atoms with E-state index in [2.05, 4.69) is 0 Å². The van der Waals surface area contributed by atoms with Gasteiger partial charge < -0.3 is 21.2 Å². The molecule has 0 saturated heterocycles. The molecule has 0 heterocycles. The van der Waals surface area contributed by atoms with Gasteiger partial charge in [0, 0.05) is 13.8 Å². The van der Waals surface area contributed by atoms with Gasteiger partial charge in [-0.15, -0.1) is 12.4 Å². The molecule has 0 saturated carbocycles. The molecule has 6 N–H and O–H groups in total. The molecule has 0 aromatic rings. The van der Waals surface area contributed by atoms with Crippen LogP contribution >= 0.6 is 12.4 Å². The maximum atomic E-state index is 9.00. The molecule has 7 heteroatoms. The van der Waals surface area contributed by atoms with Crippen molar-refractivity contribution in [2.24, 2.45) is 0 Å². The summed E-state index contributed by atoms with van der Waals surface area (Å²) in [5.74, 6) is -1.67. The zero-order valence-corrected chi connectivity index (χ0v) is 6.94. The number of halogens is 1. The van der Waals surface area contributed by atoms with E-state index in [1.54, 1.807) is 0 Å². The first kappa shape index (κ1) is 32.0. The summed E-state index contributed by atoms with van der Waals surface area (Å²) >= 11 is 0. The van der Waals surface area contributed by atoms with Gasteiger partial charge in [0.1, 0.15) is 0 Å². The summed E-state index contributed by atoms with van der Waals surface area (Å²) in [6, 6.07) is 0. The molecule has 72 valence electrons. The molecule has 0 amide bonds. The number of rotatable bonds is 0. The monoisotopic (exact) mass is 192 g/mol. The summed E-state index contributed by atoms with van der Waals surface area (Å²) < 4.78 is 0. The molecule has 0 fully saturated rings. The number of carbonyl (C=O) groups is 2. The number of hydrogen-bond donors (Lipinski definition) is 2. The molecule has 0 bridgehead atoms. The lowest BCUT2D eigenvalue weighted by Crippen LogP contribution is -1.78. The van der Waals surface area contributed by atoms with Crippen LogP contribution in [0.2, 0.25) is 0 Å². The lowest BCUT2D eigenvalue weighted by molar-refractivity contribution is -0.135. The number of aliphatic carboxylic acids is 2. The van der Waals surface area contributed by atoms with Crippen molar-refractivity contribution in [3.63, 3.8) is 0 Å². The molecular formula is C4H13ClO6. The van der Waals surface area contributed by atoms with E-state index in [1.807, 2.05) is 0 Å². The quantitative estimate of drug-likeness (QED) is 0.506. The minimum Gasteiger partial charge on any atom is -0.481 e. The summed E-state index contributed by atoms with van der Waals surface area (Å²) in [5.41, 5.74) is 0. The standard InChI is InChI=1S/2C2H4O2.ClH.2H2O/c2*1-2(3)4;;;/h2*1H3,(H,3,4);1H;2*1H2. The van der Waals surface area contributed by atoms with E-state index in [9.17, 15) is 0 Å². The number of carboxylic acid groups (broad SMARTS) is 2. The minimum atomic E-state index is -0.833. The van der Waals surface area contributed by atoms with E-state index in [1.165, 1.54) is 0 Å². The Bertz CT molecular complexity index is 72.6. The number of hydrogen-bond acceptors (Lipinski definition) is 2. The van der Waals surface area contributed by atoms with Crippen LogP contribution in [0.25, 0.3) is 0 Å². The Morgan fingerprint density at radius 3 is 0.909 bits per heavy atom. The summed E-state index contributed by atoms with van der Waals surface area (Å²) in [7, 11) is 0. The van der Waals surface area contributed by atoms with Crippen LogP contribution < -0.4 is 0 Å². The highest BCUT2D eigenvalue weighted by Gasteiger charge is 1.65. The van der Waals surface area contributed by atoms with Crippen LogP contribution in [0.4, 0.5) is 0 Å². The van der Waals surface area contributed by atoms with Crippen molar-refractivity contribution in [1.82, 2.24) is 0 Å². The van der Waals surface area contributed by atoms with Crippen molar-refractivity contribution in [1.29, 1.82) is 0 Å². The van der Waals surface area contributed by atoms with Crippen molar-refractivity contribution >= 4 is 24.3 Å². The third-order valence-electron chi connectivity index (χ3n) is 0. The molecule has 0 aliphatic heterocycles. The van der Waals surface area contributed by atoms with E-state index >= 15 is 0 Å². The second-order valence-corrected chi connectivity index (χ2v) is 1.04. The Morgan fingerprint density at radius 1 is 0.909 bits per heavy atom. The Kier molecular flexibility index (Phi) is 66.7. The molecule has 6 nitrogen and oxygen atoms in total. The van der Waals surface area contributed by atoms with Gasteiger partial charge in [0.25, 0.3) is 11.9 Å². The fourth-order valence-corrected chi connectivity index (χ4v) is 0. The van der Waals surface area contributed by atoms with Gasteiger partial charge in [-0.3, -0.25) is 9.59 Å². The molecule has 0 aromatic carbocycles. The topological polar surface area (TPSA) is 138 Å². The highest BCUT2D eigenvalue weighted by molar-refractivity contribution is 5.85. The van der Waals surface area contributed by atoms with E-state index in [4.69, 9.17) is 19.8 Å². The van der Waals surface area contributed by atoms with Crippen LogP contribution in [0.5, 0.6) is 0 Å². The second-order valence-electron chi connectivity index (χ2n) is 1.04. The van der Waals surface area contributed by atoms with Gasteiger partial charge in [-0.05, 0) is 0 Å². The van der Waals surface area contributed by atoms with Gasteiger partial charge in [-0.2, -0.15) is 0 Å². The Hall–Kier alpha value is -0.850. The summed E-state index contributed by atoms with van der Waals surface area (Å²) in [4.78, 5) is 18.0. The number of carboxylic acids is 2. The molecule has 11 heavy (non-hydrogen) atoms. The van der Waals surface area contributed by atoms with E-state index in [-0.39, 0.29) is 23.4 Å². The fourth-order valence-electron chi connectivity index (χ4n) is 0. The van der Waals surface area contributed by atoms with Crippen molar-refractivity contribution in [2.45, 2.75) is 13.8 Å². The van der Waals surface area contributed by atoms with Crippen LogP contribution in [0.15, 0.2) is 0 Å². The van der Waals surface area contributed by atoms with Crippen molar-refractivity contribution in [2.75, 3.05) is 0 Å². The molecule has 0 spiro atoms. The highest BCUT2D eigenvalue weighted by Crippen LogP contribution is 1.42. The summed E-state index contributed by atoms with van der Waals surface area (Å²) in [6.07, 6.45) is 0. The lowest BCUT2D eigenvalue weighted by Gasteiger charge is -1.59. The normalized spacial score (nSPS) is 4.55. The van der Waals surface area contributed by atoms with Crippen molar-refractivity contribution < 1.29 is 30.8 Å². The third kappa shape index (κ3) is 647. The first-order valence-electron chi connectivity index (χ1n) is 1.86. The SMILES string of the molecule is CC(=O)O.CC(=O)O.Cl.O.O. The average Bonchev–Trinajstić information content (AvgIpc) is 1.25. The zero-order chi connectivity index (χ0) is 7.15. The first-order valence-corrected chi connectivity index (χ1v) is 1.86. The molecular weight excluding hydrogens is 179 g/mol. The maximum absolute atomic E-state index is 9.00. The summed E-state index contributed by atoms with van der Waals surface area (Å²) in [6.45, 7) is 2.17. The van der Waals surface area contributed by atoms with Crippen LogP contribution in [0.3, 0.4) is 0 Å². The largest absolute Gasteiger partial charge is 0.481 e. The molecule has 0 unspecified atom stereocenters. The van der Waals surface area contributed by atoms with Crippen LogP contribution in [-0.4, -0.2) is 33.1 Å². The van der Waals surface area contributed by atoms with Gasteiger partial charge in [0.15, 0.2) is 0 Å². The van der Waals surface area contributed by atoms with Gasteiger partial charge in [0.05, 0.1) is 0 Å². The predicted octanol–water partition coefficient (Wildman–Crippen LogP) is -1.05. The van der Waals surface area contributed by atoms with Crippen LogP contribution in [0, 0.1) is 0 Å². The predicted molar refractivity (Wildman–Crippen MR) is 41.1 cm³/mol. The molecule has 0 aromatic heterocycles. The zero-order valence-electron chi connectivity index (χ0n) is 6.12. The smallest absolute Gasteiger partial charge is 0.300 e. The van der Waals surface area contributed by atoms with E-state index < -0.39 is 11.9 Å². The fraction of sp³-hybridized carbons (Fsp3) is 0.500. The molecule has 0 aliphatic rings. The highest BCUT2D eigenvalue weighted by atomic mass is 35.5. The second kappa shape index (κ2) is 22.9.